The normalized spacial score (nSPS) is 10.9. The molecule has 0 aliphatic carbocycles. The minimum Gasteiger partial charge on any atom is -0.456 e. The molecule has 152 valence electrons. The fraction of sp³-hybridized carbons (Fsp3) is 0.150. The van der Waals surface area contributed by atoms with Gasteiger partial charge < -0.3 is 14.2 Å². The van der Waals surface area contributed by atoms with Gasteiger partial charge in [0.05, 0.1) is 6.20 Å². The number of ketones is 1. The third-order valence-corrected chi connectivity index (χ3v) is 4.12. The molecular formula is C20H16FN5O4. The van der Waals surface area contributed by atoms with Gasteiger partial charge in [0.1, 0.15) is 18.1 Å². The second kappa shape index (κ2) is 7.74. The topological polar surface area (TPSA) is 116 Å². The van der Waals surface area contributed by atoms with Gasteiger partial charge in [-0.2, -0.15) is 9.90 Å². The maximum Gasteiger partial charge on any atom is 0.279 e. The van der Waals surface area contributed by atoms with Gasteiger partial charge in [-0.25, -0.2) is 9.37 Å². The molecule has 0 spiro atoms. The van der Waals surface area contributed by atoms with Crippen molar-refractivity contribution < 1.29 is 22.8 Å². The van der Waals surface area contributed by atoms with Crippen LogP contribution in [0.2, 0.25) is 0 Å². The van der Waals surface area contributed by atoms with Crippen molar-refractivity contribution in [1.82, 2.24) is 20.0 Å². The van der Waals surface area contributed by atoms with Crippen molar-refractivity contribution in [3.05, 3.63) is 71.5 Å². The Morgan fingerprint density at radius 1 is 1.20 bits per heavy atom. The minimum absolute atomic E-state index is 0.00443. The number of aromatic nitrogens is 4. The Kier molecular flexibility index (Phi) is 4.97. The smallest absolute Gasteiger partial charge is 0.279 e. The molecule has 30 heavy (non-hydrogen) atoms. The molecule has 9 nitrogen and oxygen atoms in total. The van der Waals surface area contributed by atoms with E-state index in [0.29, 0.717) is 11.3 Å². The zero-order valence-corrected chi connectivity index (χ0v) is 16.0. The van der Waals surface area contributed by atoms with E-state index in [1.165, 1.54) is 36.1 Å². The van der Waals surface area contributed by atoms with Crippen molar-refractivity contribution in [1.29, 1.82) is 0 Å². The molecule has 1 N–H and O–H groups in total. The van der Waals surface area contributed by atoms with Crippen LogP contribution in [0.3, 0.4) is 0 Å². The highest BCUT2D eigenvalue weighted by molar-refractivity contribution is 6.05. The Balaban J connectivity index is 1.50. The predicted molar refractivity (Wildman–Crippen MR) is 102 cm³/mol. The number of furan rings is 1. The average molecular weight is 409 g/mol. The number of anilines is 1. The zero-order valence-electron chi connectivity index (χ0n) is 16.0. The first-order chi connectivity index (χ1) is 14.4. The molecule has 0 fully saturated rings. The number of carbonyl (C=O) groups excluding carboxylic acids is 2. The highest BCUT2D eigenvalue weighted by Crippen LogP contribution is 2.26. The molecule has 0 aliphatic rings. The Labute approximate surface area is 169 Å². The summed E-state index contributed by atoms with van der Waals surface area (Å²) in [7, 11) is 0. The number of oxazole rings is 1. The molecule has 0 saturated carbocycles. The van der Waals surface area contributed by atoms with Gasteiger partial charge in [-0.05, 0) is 24.3 Å². The molecular weight excluding hydrogens is 393 g/mol. The molecule has 4 rings (SSSR count). The Morgan fingerprint density at radius 2 is 2.03 bits per heavy atom. The number of benzene rings is 1. The van der Waals surface area contributed by atoms with Gasteiger partial charge in [0.25, 0.3) is 5.91 Å². The van der Waals surface area contributed by atoms with Crippen LogP contribution >= 0.6 is 0 Å². The quantitative estimate of drug-likeness (QED) is 0.485. The van der Waals surface area contributed by atoms with Crippen LogP contribution in [0.15, 0.2) is 51.4 Å². The number of nitrogens with one attached hydrogen (secondary N) is 1. The summed E-state index contributed by atoms with van der Waals surface area (Å²) in [6.45, 7) is 3.18. The molecule has 0 bridgehead atoms. The van der Waals surface area contributed by atoms with Crippen LogP contribution in [0.1, 0.15) is 39.6 Å². The van der Waals surface area contributed by atoms with Gasteiger partial charge in [0, 0.05) is 19.4 Å². The van der Waals surface area contributed by atoms with Crippen LogP contribution in [0.25, 0.3) is 11.3 Å². The SMILES string of the molecule is CC(=O)c1ccc(Cn2ncc(NC(=O)c3nc(C)oc3-c3cccc(F)c3)n2)o1. The second-order valence-electron chi connectivity index (χ2n) is 6.46. The highest BCUT2D eigenvalue weighted by Gasteiger charge is 2.21. The molecule has 0 aliphatic heterocycles. The van der Waals surface area contributed by atoms with Gasteiger partial charge in [-0.15, -0.1) is 5.10 Å². The monoisotopic (exact) mass is 409 g/mol. The van der Waals surface area contributed by atoms with E-state index in [0.717, 1.165) is 0 Å². The maximum atomic E-state index is 13.6. The third kappa shape index (κ3) is 4.02. The molecule has 10 heteroatoms. The summed E-state index contributed by atoms with van der Waals surface area (Å²) in [5.41, 5.74) is 0.397. The van der Waals surface area contributed by atoms with Gasteiger partial charge >= 0.3 is 0 Å². The Bertz CT molecular complexity index is 1240. The van der Waals surface area contributed by atoms with Crippen LogP contribution in [-0.2, 0) is 6.54 Å². The lowest BCUT2D eigenvalue weighted by Crippen LogP contribution is -2.14. The van der Waals surface area contributed by atoms with E-state index in [4.69, 9.17) is 8.83 Å². The number of nitrogens with zero attached hydrogens (tertiary/aromatic N) is 4. The summed E-state index contributed by atoms with van der Waals surface area (Å²) < 4.78 is 24.5. The van der Waals surface area contributed by atoms with Gasteiger partial charge in [0.2, 0.25) is 0 Å². The summed E-state index contributed by atoms with van der Waals surface area (Å²) in [5.74, 6) is 0.137. The van der Waals surface area contributed by atoms with Crippen molar-refractivity contribution in [2.24, 2.45) is 0 Å². The summed E-state index contributed by atoms with van der Waals surface area (Å²) in [4.78, 5) is 29.4. The first-order valence-corrected chi connectivity index (χ1v) is 8.93. The van der Waals surface area contributed by atoms with E-state index in [9.17, 15) is 14.0 Å². The molecule has 1 aromatic carbocycles. The fourth-order valence-corrected chi connectivity index (χ4v) is 2.80. The van der Waals surface area contributed by atoms with Gasteiger partial charge in [-0.3, -0.25) is 9.59 Å². The Hall–Kier alpha value is -4.08. The lowest BCUT2D eigenvalue weighted by molar-refractivity contribution is 0.0983. The molecule has 0 unspecified atom stereocenters. The number of rotatable bonds is 6. The van der Waals surface area contributed by atoms with Crippen molar-refractivity contribution in [2.45, 2.75) is 20.4 Å². The van der Waals surface area contributed by atoms with E-state index < -0.39 is 11.7 Å². The van der Waals surface area contributed by atoms with Crippen molar-refractivity contribution in [3.8, 4) is 11.3 Å². The summed E-state index contributed by atoms with van der Waals surface area (Å²) in [6, 6.07) is 8.91. The second-order valence-corrected chi connectivity index (χ2v) is 6.46. The number of amides is 1. The van der Waals surface area contributed by atoms with Crippen molar-refractivity contribution in [2.75, 3.05) is 5.32 Å². The van der Waals surface area contributed by atoms with Crippen LogP contribution in [0.5, 0.6) is 0 Å². The number of Topliss-reactive ketones (excluding diaryl/α,β-unsaturated/α-hetero) is 1. The number of halogens is 1. The minimum atomic E-state index is -0.574. The number of carbonyl (C=O) groups is 2. The van der Waals surface area contributed by atoms with Crippen LogP contribution in [0.4, 0.5) is 10.2 Å². The Morgan fingerprint density at radius 3 is 2.77 bits per heavy atom. The van der Waals surface area contributed by atoms with E-state index in [1.807, 2.05) is 0 Å². The lowest BCUT2D eigenvalue weighted by Gasteiger charge is -2.02. The van der Waals surface area contributed by atoms with Gasteiger partial charge in [0.15, 0.2) is 34.7 Å². The van der Waals surface area contributed by atoms with E-state index >= 15 is 0 Å². The molecule has 3 heterocycles. The molecule has 3 aromatic heterocycles. The van der Waals surface area contributed by atoms with Crippen LogP contribution < -0.4 is 5.32 Å². The first-order valence-electron chi connectivity index (χ1n) is 8.93. The third-order valence-electron chi connectivity index (χ3n) is 4.12. The summed E-state index contributed by atoms with van der Waals surface area (Å²) in [6.07, 6.45) is 1.36. The van der Waals surface area contributed by atoms with E-state index in [-0.39, 0.29) is 41.3 Å². The fourth-order valence-electron chi connectivity index (χ4n) is 2.80. The first kappa shape index (κ1) is 19.2. The number of hydrogen-bond donors (Lipinski definition) is 1. The lowest BCUT2D eigenvalue weighted by atomic mass is 10.1. The van der Waals surface area contributed by atoms with Gasteiger partial charge in [-0.1, -0.05) is 12.1 Å². The van der Waals surface area contributed by atoms with E-state index in [2.05, 4.69) is 20.5 Å². The van der Waals surface area contributed by atoms with Crippen LogP contribution in [-0.4, -0.2) is 31.7 Å². The molecule has 0 atom stereocenters. The molecule has 4 aromatic rings. The molecule has 0 saturated heterocycles. The highest BCUT2D eigenvalue weighted by atomic mass is 19.1. The predicted octanol–water partition coefficient (Wildman–Crippen LogP) is 3.48. The van der Waals surface area contributed by atoms with Crippen molar-refractivity contribution >= 4 is 17.5 Å². The summed E-state index contributed by atoms with van der Waals surface area (Å²) in [5, 5.41) is 10.8. The largest absolute Gasteiger partial charge is 0.456 e. The van der Waals surface area contributed by atoms with Crippen LogP contribution in [0, 0.1) is 12.7 Å². The average Bonchev–Trinajstić information content (AvgIpc) is 3.42. The maximum absolute atomic E-state index is 13.6. The molecule has 1 amide bonds. The zero-order chi connectivity index (χ0) is 21.3. The molecule has 0 radical (unpaired) electrons. The number of hydrogen-bond acceptors (Lipinski definition) is 7. The van der Waals surface area contributed by atoms with Crippen molar-refractivity contribution in [3.63, 3.8) is 0 Å². The van der Waals surface area contributed by atoms with E-state index in [1.54, 1.807) is 25.1 Å². The number of aryl methyl sites for hydroxylation is 1. The standard InChI is InChI=1S/C20H16FN5O4/c1-11(27)16-7-6-15(30-16)10-26-22-9-17(25-26)24-20(28)18-19(29-12(2)23-18)13-4-3-5-14(21)8-13/h3-9H,10H2,1-2H3,(H,24,25,28). The summed E-state index contributed by atoms with van der Waals surface area (Å²) >= 11 is 0.